The van der Waals surface area contributed by atoms with E-state index < -0.39 is 22.7 Å². The summed E-state index contributed by atoms with van der Waals surface area (Å²) in [6.45, 7) is 1.88. The number of nitro groups is 1. The van der Waals surface area contributed by atoms with E-state index in [0.717, 1.165) is 21.8 Å². The predicted molar refractivity (Wildman–Crippen MR) is 109 cm³/mol. The van der Waals surface area contributed by atoms with Gasteiger partial charge in [-0.3, -0.25) is 24.6 Å². The van der Waals surface area contributed by atoms with Crippen molar-refractivity contribution in [3.05, 3.63) is 86.4 Å². The second-order valence-corrected chi connectivity index (χ2v) is 7.42. The molecule has 9 nitrogen and oxygen atoms in total. The van der Waals surface area contributed by atoms with E-state index in [1.54, 1.807) is 30.3 Å². The summed E-state index contributed by atoms with van der Waals surface area (Å²) in [7, 11) is 0. The van der Waals surface area contributed by atoms with Gasteiger partial charge in [0.05, 0.1) is 16.5 Å². The van der Waals surface area contributed by atoms with Gasteiger partial charge in [0.2, 0.25) is 5.13 Å². The molecule has 1 saturated heterocycles. The predicted octanol–water partition coefficient (Wildman–Crippen LogP) is 3.38. The van der Waals surface area contributed by atoms with E-state index in [-0.39, 0.29) is 22.2 Å². The van der Waals surface area contributed by atoms with Crippen molar-refractivity contribution in [1.29, 1.82) is 0 Å². The fraction of sp³-hybridized carbons (Fsp3) is 0.100. The zero-order valence-corrected chi connectivity index (χ0v) is 16.4. The number of aliphatic hydroxyl groups is 1. The first kappa shape index (κ1) is 19.4. The number of nitrogens with zero attached hydrogens (tertiary/aromatic N) is 4. The first-order valence-corrected chi connectivity index (χ1v) is 9.65. The fourth-order valence-electron chi connectivity index (χ4n) is 3.29. The number of hydrogen-bond acceptors (Lipinski definition) is 8. The molecule has 2 aromatic carbocycles. The lowest BCUT2D eigenvalue weighted by Gasteiger charge is -2.22. The number of anilines is 1. The molecule has 1 unspecified atom stereocenters. The van der Waals surface area contributed by atoms with Gasteiger partial charge >= 0.3 is 5.91 Å². The van der Waals surface area contributed by atoms with E-state index in [2.05, 4.69) is 10.2 Å². The molecule has 2 heterocycles. The van der Waals surface area contributed by atoms with Gasteiger partial charge in [-0.25, -0.2) is 0 Å². The minimum atomic E-state index is -1.08. The van der Waals surface area contributed by atoms with Gasteiger partial charge in [-0.1, -0.05) is 53.3 Å². The quantitative estimate of drug-likeness (QED) is 0.224. The number of hydrogen-bond donors (Lipinski definition) is 1. The average Bonchev–Trinajstić information content (AvgIpc) is 3.35. The maximum absolute atomic E-state index is 12.9. The van der Waals surface area contributed by atoms with Crippen LogP contribution in [-0.2, 0) is 9.59 Å². The molecule has 0 bridgehead atoms. The lowest BCUT2D eigenvalue weighted by molar-refractivity contribution is -0.384. The van der Waals surface area contributed by atoms with Crippen molar-refractivity contribution >= 4 is 39.6 Å². The molecule has 0 aliphatic carbocycles. The Hall–Kier alpha value is -3.92. The van der Waals surface area contributed by atoms with Gasteiger partial charge in [-0.15, -0.1) is 10.2 Å². The highest BCUT2D eigenvalue weighted by Gasteiger charge is 2.48. The Balaban J connectivity index is 1.95. The highest BCUT2D eigenvalue weighted by molar-refractivity contribution is 7.13. The topological polar surface area (TPSA) is 127 Å². The van der Waals surface area contributed by atoms with E-state index >= 15 is 0 Å². The molecule has 1 atom stereocenters. The van der Waals surface area contributed by atoms with E-state index in [1.165, 1.54) is 23.7 Å². The number of amides is 1. The Labute approximate surface area is 174 Å². The molecule has 10 heteroatoms. The summed E-state index contributed by atoms with van der Waals surface area (Å²) in [5.74, 6) is -2.16. The van der Waals surface area contributed by atoms with Gasteiger partial charge in [-0.2, -0.15) is 0 Å². The van der Waals surface area contributed by atoms with Gasteiger partial charge in [-0.05, 0) is 12.5 Å². The number of Topliss-reactive ketones (excluding diaryl/α,β-unsaturated/α-hetero) is 1. The van der Waals surface area contributed by atoms with E-state index in [4.69, 9.17) is 0 Å². The Kier molecular flexibility index (Phi) is 4.84. The maximum atomic E-state index is 12.9. The zero-order valence-electron chi connectivity index (χ0n) is 15.6. The summed E-state index contributed by atoms with van der Waals surface area (Å²) in [4.78, 5) is 37.5. The van der Waals surface area contributed by atoms with Crippen molar-refractivity contribution in [2.45, 2.75) is 13.0 Å². The summed E-state index contributed by atoms with van der Waals surface area (Å²) < 4.78 is 0. The summed E-state index contributed by atoms with van der Waals surface area (Å²) in [6, 6.07) is 11.3. The van der Waals surface area contributed by atoms with E-state index in [9.17, 15) is 24.8 Å². The van der Waals surface area contributed by atoms with Crippen LogP contribution in [0.5, 0.6) is 0 Å². The number of aliphatic hydroxyl groups excluding tert-OH is 1. The second-order valence-electron chi connectivity index (χ2n) is 6.61. The van der Waals surface area contributed by atoms with Crippen molar-refractivity contribution in [2.75, 3.05) is 4.90 Å². The lowest BCUT2D eigenvalue weighted by Crippen LogP contribution is -2.29. The van der Waals surface area contributed by atoms with Crippen LogP contribution in [0.3, 0.4) is 0 Å². The number of benzene rings is 2. The zero-order chi connectivity index (χ0) is 21.4. The molecule has 1 fully saturated rings. The molecule has 3 aromatic rings. The molecule has 1 amide bonds. The van der Waals surface area contributed by atoms with Gasteiger partial charge in [0.25, 0.3) is 11.5 Å². The third-order valence-electron chi connectivity index (χ3n) is 4.72. The minimum Gasteiger partial charge on any atom is -0.507 e. The molecule has 1 aliphatic heterocycles. The van der Waals surface area contributed by atoms with Crippen molar-refractivity contribution in [3.63, 3.8) is 0 Å². The lowest BCUT2D eigenvalue weighted by atomic mass is 9.95. The van der Waals surface area contributed by atoms with Crippen LogP contribution < -0.4 is 4.90 Å². The molecule has 150 valence electrons. The summed E-state index contributed by atoms with van der Waals surface area (Å²) >= 11 is 1.04. The minimum absolute atomic E-state index is 0.150. The van der Waals surface area contributed by atoms with Gasteiger partial charge < -0.3 is 5.11 Å². The summed E-state index contributed by atoms with van der Waals surface area (Å²) in [5, 5.41) is 29.9. The van der Waals surface area contributed by atoms with E-state index in [1.807, 2.05) is 6.92 Å². The molecule has 1 aliphatic rings. The standard InChI is InChI=1S/C20H14N4O5S/c1-11-5-7-12(8-6-11)17(25)15-16(13-3-2-4-14(9-13)24(28)29)23(19(27)18(15)26)20-22-21-10-30-20/h2-10,16,25H,1H3/b17-15+. The number of aromatic nitrogens is 2. The number of aryl methyl sites for hydroxylation is 1. The molecule has 1 N–H and O–H groups in total. The van der Waals surface area contributed by atoms with Crippen molar-refractivity contribution in [3.8, 4) is 0 Å². The van der Waals surface area contributed by atoms with Crippen LogP contribution in [0.25, 0.3) is 5.76 Å². The smallest absolute Gasteiger partial charge is 0.301 e. The number of nitro benzene ring substituents is 1. The normalized spacial score (nSPS) is 18.0. The van der Waals surface area contributed by atoms with Crippen molar-refractivity contribution in [1.82, 2.24) is 10.2 Å². The number of carbonyl (C=O) groups is 2. The Morgan fingerprint density at radius 2 is 1.93 bits per heavy atom. The fourth-order valence-corrected chi connectivity index (χ4v) is 3.88. The molecule has 30 heavy (non-hydrogen) atoms. The average molecular weight is 422 g/mol. The molecule has 0 spiro atoms. The Bertz CT molecular complexity index is 1190. The van der Waals surface area contributed by atoms with Gasteiger partial charge in [0.1, 0.15) is 11.3 Å². The molecule has 0 saturated carbocycles. The largest absolute Gasteiger partial charge is 0.507 e. The molecular formula is C20H14N4O5S. The Morgan fingerprint density at radius 1 is 1.20 bits per heavy atom. The van der Waals surface area contributed by atoms with Crippen LogP contribution in [-0.4, -0.2) is 31.9 Å². The maximum Gasteiger partial charge on any atom is 0.301 e. The molecular weight excluding hydrogens is 408 g/mol. The summed E-state index contributed by atoms with van der Waals surface area (Å²) in [6.07, 6.45) is 0. The van der Waals surface area contributed by atoms with Crippen LogP contribution in [0.2, 0.25) is 0 Å². The third kappa shape index (κ3) is 3.22. The highest BCUT2D eigenvalue weighted by Crippen LogP contribution is 2.43. The number of carbonyl (C=O) groups excluding carboxylic acids is 2. The third-order valence-corrected chi connectivity index (χ3v) is 5.41. The monoisotopic (exact) mass is 422 g/mol. The highest BCUT2D eigenvalue weighted by atomic mass is 32.1. The number of rotatable bonds is 4. The van der Waals surface area contributed by atoms with Crippen LogP contribution in [0.1, 0.15) is 22.7 Å². The van der Waals surface area contributed by atoms with Gasteiger partial charge in [0.15, 0.2) is 0 Å². The second kappa shape index (κ2) is 7.48. The van der Waals surface area contributed by atoms with Crippen molar-refractivity contribution < 1.29 is 19.6 Å². The van der Waals surface area contributed by atoms with E-state index in [0.29, 0.717) is 11.1 Å². The van der Waals surface area contributed by atoms with Crippen LogP contribution in [0, 0.1) is 17.0 Å². The van der Waals surface area contributed by atoms with Gasteiger partial charge in [0, 0.05) is 17.7 Å². The summed E-state index contributed by atoms with van der Waals surface area (Å²) in [5.41, 5.74) is 2.64. The van der Waals surface area contributed by atoms with Crippen LogP contribution >= 0.6 is 11.3 Å². The first-order chi connectivity index (χ1) is 14.4. The van der Waals surface area contributed by atoms with Crippen LogP contribution in [0.15, 0.2) is 59.6 Å². The molecule has 1 aromatic heterocycles. The number of ketones is 1. The SMILES string of the molecule is Cc1ccc(/C(O)=C2\C(=O)C(=O)N(c3nncs3)C2c2cccc([N+](=O)[O-])c2)cc1. The van der Waals surface area contributed by atoms with Crippen LogP contribution in [0.4, 0.5) is 10.8 Å². The Morgan fingerprint density at radius 3 is 2.57 bits per heavy atom. The first-order valence-electron chi connectivity index (χ1n) is 8.77. The number of non-ortho nitro benzene ring substituents is 1. The molecule has 4 rings (SSSR count). The van der Waals surface area contributed by atoms with Crippen molar-refractivity contribution in [2.24, 2.45) is 0 Å². The molecule has 0 radical (unpaired) electrons.